The molecule has 0 saturated heterocycles. The molecule has 0 amide bonds. The van der Waals surface area contributed by atoms with Crippen LogP contribution in [0, 0.1) is 0 Å². The zero-order valence-electron chi connectivity index (χ0n) is 10.4. The Labute approximate surface area is 108 Å². The van der Waals surface area contributed by atoms with Crippen molar-refractivity contribution in [3.63, 3.8) is 0 Å². The summed E-state index contributed by atoms with van der Waals surface area (Å²) in [7, 11) is 1.80. The molecule has 6 heteroatoms. The van der Waals surface area contributed by atoms with Gasteiger partial charge < -0.3 is 10.3 Å². The van der Waals surface area contributed by atoms with Gasteiger partial charge in [-0.25, -0.2) is 4.98 Å². The Morgan fingerprint density at radius 1 is 1.32 bits per heavy atom. The molecule has 102 valence electrons. The summed E-state index contributed by atoms with van der Waals surface area (Å²) < 4.78 is 39.9. The Balaban J connectivity index is 2.48. The normalized spacial score (nSPS) is 11.8. The topological polar surface area (TPSA) is 43.8 Å². The first-order valence-corrected chi connectivity index (χ1v) is 5.81. The lowest BCUT2D eigenvalue weighted by Crippen LogP contribution is -2.08. The van der Waals surface area contributed by atoms with Crippen LogP contribution < -0.4 is 5.73 Å². The van der Waals surface area contributed by atoms with Crippen LogP contribution in [-0.4, -0.2) is 16.1 Å². The van der Waals surface area contributed by atoms with Crippen LogP contribution in [0.15, 0.2) is 30.6 Å². The molecule has 19 heavy (non-hydrogen) atoms. The summed E-state index contributed by atoms with van der Waals surface area (Å²) in [4.78, 5) is 4.17. The van der Waals surface area contributed by atoms with Crippen LogP contribution in [0.2, 0.25) is 0 Å². The Hall–Kier alpha value is -1.82. The minimum atomic E-state index is -4.35. The van der Waals surface area contributed by atoms with Crippen LogP contribution >= 0.6 is 0 Å². The van der Waals surface area contributed by atoms with Crippen LogP contribution in [0.5, 0.6) is 0 Å². The summed E-state index contributed by atoms with van der Waals surface area (Å²) in [5.41, 5.74) is 6.69. The van der Waals surface area contributed by atoms with Crippen LogP contribution in [0.25, 0.3) is 11.3 Å². The molecule has 0 fully saturated rings. The maximum Gasteiger partial charge on any atom is 0.416 e. The van der Waals surface area contributed by atoms with Crippen LogP contribution in [0.3, 0.4) is 0 Å². The van der Waals surface area contributed by atoms with Crippen molar-refractivity contribution in [1.29, 1.82) is 0 Å². The number of hydrogen-bond donors (Lipinski definition) is 1. The third-order valence-electron chi connectivity index (χ3n) is 2.90. The monoisotopic (exact) mass is 269 g/mol. The molecule has 1 aromatic carbocycles. The number of aryl methyl sites for hydroxylation is 1. The molecule has 0 saturated carbocycles. The molecule has 0 radical (unpaired) electrons. The summed E-state index contributed by atoms with van der Waals surface area (Å²) in [6.45, 7) is 0.422. The molecule has 0 aliphatic rings. The number of imidazole rings is 1. The number of benzene rings is 1. The Morgan fingerprint density at radius 3 is 2.68 bits per heavy atom. The molecule has 2 rings (SSSR count). The van der Waals surface area contributed by atoms with Crippen molar-refractivity contribution in [3.8, 4) is 11.3 Å². The standard InChI is InChI=1S/C13H14F3N3/c1-19-8-18-12(11(19)5-6-17)9-3-2-4-10(7-9)13(14,15)16/h2-4,7-8H,5-6,17H2,1H3. The lowest BCUT2D eigenvalue weighted by atomic mass is 10.1. The first kappa shape index (κ1) is 13.6. The van der Waals surface area contributed by atoms with Gasteiger partial charge in [-0.3, -0.25) is 0 Å². The van der Waals surface area contributed by atoms with E-state index in [0.717, 1.165) is 17.8 Å². The first-order valence-electron chi connectivity index (χ1n) is 5.81. The number of rotatable bonds is 3. The van der Waals surface area contributed by atoms with Crippen molar-refractivity contribution in [3.05, 3.63) is 41.9 Å². The highest BCUT2D eigenvalue weighted by Gasteiger charge is 2.30. The predicted molar refractivity (Wildman–Crippen MR) is 66.4 cm³/mol. The van der Waals surface area contributed by atoms with Gasteiger partial charge in [0.05, 0.1) is 17.6 Å². The molecule has 0 spiro atoms. The highest BCUT2D eigenvalue weighted by Crippen LogP contribution is 2.32. The minimum Gasteiger partial charge on any atom is -0.337 e. The Morgan fingerprint density at radius 2 is 2.05 bits per heavy atom. The van der Waals surface area contributed by atoms with Crippen molar-refractivity contribution < 1.29 is 13.2 Å². The van der Waals surface area contributed by atoms with E-state index in [0.29, 0.717) is 24.2 Å². The fourth-order valence-electron chi connectivity index (χ4n) is 1.97. The van der Waals surface area contributed by atoms with Gasteiger partial charge in [0.1, 0.15) is 0 Å². The minimum absolute atomic E-state index is 0.422. The van der Waals surface area contributed by atoms with Crippen LogP contribution in [0.1, 0.15) is 11.3 Å². The molecule has 0 bridgehead atoms. The SMILES string of the molecule is Cn1cnc(-c2cccc(C(F)(F)F)c2)c1CCN. The van der Waals surface area contributed by atoms with Gasteiger partial charge in [0.2, 0.25) is 0 Å². The molecule has 0 aliphatic heterocycles. The van der Waals surface area contributed by atoms with Gasteiger partial charge in [-0.15, -0.1) is 0 Å². The molecule has 2 aromatic rings. The predicted octanol–water partition coefficient (Wildman–Crippen LogP) is 2.61. The van der Waals surface area contributed by atoms with E-state index in [1.807, 2.05) is 0 Å². The van der Waals surface area contributed by atoms with Gasteiger partial charge in [-0.05, 0) is 18.7 Å². The number of nitrogens with zero attached hydrogens (tertiary/aromatic N) is 2. The third kappa shape index (κ3) is 2.78. The zero-order valence-corrected chi connectivity index (χ0v) is 10.4. The quantitative estimate of drug-likeness (QED) is 0.930. The van der Waals surface area contributed by atoms with E-state index >= 15 is 0 Å². The second kappa shape index (κ2) is 5.05. The van der Waals surface area contributed by atoms with Gasteiger partial charge in [0, 0.05) is 24.7 Å². The summed E-state index contributed by atoms with van der Waals surface area (Å²) in [5.74, 6) is 0. The number of aromatic nitrogens is 2. The zero-order chi connectivity index (χ0) is 14.0. The van der Waals surface area contributed by atoms with Gasteiger partial charge in [0.25, 0.3) is 0 Å². The van der Waals surface area contributed by atoms with E-state index < -0.39 is 11.7 Å². The lowest BCUT2D eigenvalue weighted by Gasteiger charge is -2.09. The van der Waals surface area contributed by atoms with E-state index in [1.54, 1.807) is 24.0 Å². The van der Waals surface area contributed by atoms with Gasteiger partial charge in [-0.1, -0.05) is 12.1 Å². The van der Waals surface area contributed by atoms with E-state index in [2.05, 4.69) is 4.98 Å². The van der Waals surface area contributed by atoms with Crippen LogP contribution in [-0.2, 0) is 19.6 Å². The maximum atomic E-state index is 12.7. The van der Waals surface area contributed by atoms with Crippen molar-refractivity contribution in [1.82, 2.24) is 9.55 Å². The number of halogens is 3. The number of alkyl halides is 3. The maximum absolute atomic E-state index is 12.7. The van der Waals surface area contributed by atoms with E-state index in [-0.39, 0.29) is 0 Å². The lowest BCUT2D eigenvalue weighted by molar-refractivity contribution is -0.137. The fourth-order valence-corrected chi connectivity index (χ4v) is 1.97. The van der Waals surface area contributed by atoms with Crippen molar-refractivity contribution in [2.24, 2.45) is 12.8 Å². The van der Waals surface area contributed by atoms with Crippen molar-refractivity contribution in [2.45, 2.75) is 12.6 Å². The first-order chi connectivity index (χ1) is 8.93. The number of hydrogen-bond acceptors (Lipinski definition) is 2. The Kier molecular flexibility index (Phi) is 3.61. The van der Waals surface area contributed by atoms with Crippen molar-refractivity contribution >= 4 is 0 Å². The highest BCUT2D eigenvalue weighted by molar-refractivity contribution is 5.63. The van der Waals surface area contributed by atoms with E-state index in [4.69, 9.17) is 5.73 Å². The van der Waals surface area contributed by atoms with E-state index in [1.165, 1.54) is 6.07 Å². The van der Waals surface area contributed by atoms with Crippen molar-refractivity contribution in [2.75, 3.05) is 6.54 Å². The second-order valence-electron chi connectivity index (χ2n) is 4.27. The molecular formula is C13H14F3N3. The highest BCUT2D eigenvalue weighted by atomic mass is 19.4. The Bertz CT molecular complexity index is 573. The van der Waals surface area contributed by atoms with Gasteiger partial charge >= 0.3 is 6.18 Å². The molecular weight excluding hydrogens is 255 g/mol. The largest absolute Gasteiger partial charge is 0.416 e. The summed E-state index contributed by atoms with van der Waals surface area (Å²) in [5, 5.41) is 0. The molecule has 0 aliphatic carbocycles. The smallest absolute Gasteiger partial charge is 0.337 e. The third-order valence-corrected chi connectivity index (χ3v) is 2.90. The molecule has 1 aromatic heterocycles. The molecule has 0 unspecified atom stereocenters. The van der Waals surface area contributed by atoms with Crippen LogP contribution in [0.4, 0.5) is 13.2 Å². The average Bonchev–Trinajstić information content (AvgIpc) is 2.71. The molecule has 0 atom stereocenters. The summed E-state index contributed by atoms with van der Waals surface area (Å²) in [6, 6.07) is 5.17. The van der Waals surface area contributed by atoms with E-state index in [9.17, 15) is 13.2 Å². The number of nitrogens with two attached hydrogens (primary N) is 1. The summed E-state index contributed by atoms with van der Waals surface area (Å²) >= 11 is 0. The molecule has 3 nitrogen and oxygen atoms in total. The molecule has 1 heterocycles. The summed E-state index contributed by atoms with van der Waals surface area (Å²) in [6.07, 6.45) is -2.19. The van der Waals surface area contributed by atoms with Gasteiger partial charge in [0.15, 0.2) is 0 Å². The van der Waals surface area contributed by atoms with Gasteiger partial charge in [-0.2, -0.15) is 13.2 Å². The molecule has 2 N–H and O–H groups in total. The second-order valence-corrected chi connectivity index (χ2v) is 4.27. The average molecular weight is 269 g/mol. The fraction of sp³-hybridized carbons (Fsp3) is 0.308.